The number of nitrogens with two attached hydrogens (primary N) is 1. The zero-order valence-corrected chi connectivity index (χ0v) is 8.23. The van der Waals surface area contributed by atoms with Crippen LogP contribution in [-0.4, -0.2) is 24.7 Å². The number of unbranched alkanes of at least 4 members (excludes halogenated alkanes) is 1. The number of urea groups is 1. The highest BCUT2D eigenvalue weighted by molar-refractivity contribution is 5.73. The van der Waals surface area contributed by atoms with E-state index in [-0.39, 0.29) is 11.6 Å². The van der Waals surface area contributed by atoms with Crippen LogP contribution in [0.1, 0.15) is 32.6 Å². The van der Waals surface area contributed by atoms with Gasteiger partial charge in [0.25, 0.3) is 0 Å². The summed E-state index contributed by atoms with van der Waals surface area (Å²) in [5, 5.41) is 5.55. The van der Waals surface area contributed by atoms with Crippen molar-refractivity contribution in [2.75, 3.05) is 13.1 Å². The monoisotopic (exact) mass is 185 g/mol. The first kappa shape index (κ1) is 10.3. The molecule has 1 saturated carbocycles. The topological polar surface area (TPSA) is 67.2 Å². The second-order valence-corrected chi connectivity index (χ2v) is 3.83. The lowest BCUT2D eigenvalue weighted by Crippen LogP contribution is -2.43. The third kappa shape index (κ3) is 4.12. The van der Waals surface area contributed by atoms with Crippen molar-refractivity contribution in [2.45, 2.75) is 38.1 Å². The van der Waals surface area contributed by atoms with Crippen LogP contribution in [0.25, 0.3) is 0 Å². The molecule has 0 aromatic heterocycles. The zero-order chi connectivity index (χ0) is 9.73. The summed E-state index contributed by atoms with van der Waals surface area (Å²) in [4.78, 5) is 11.1. The predicted octanol–water partition coefficient (Wildman–Crippen LogP) is 0.577. The van der Waals surface area contributed by atoms with E-state index in [4.69, 9.17) is 5.73 Å². The van der Waals surface area contributed by atoms with Crippen LogP contribution in [0.15, 0.2) is 0 Å². The maximum atomic E-state index is 11.1. The molecule has 0 spiro atoms. The fourth-order valence-corrected chi connectivity index (χ4v) is 1.03. The van der Waals surface area contributed by atoms with Crippen LogP contribution in [0, 0.1) is 0 Å². The van der Waals surface area contributed by atoms with Gasteiger partial charge in [0.2, 0.25) is 0 Å². The molecule has 13 heavy (non-hydrogen) atoms. The Morgan fingerprint density at radius 2 is 2.15 bits per heavy atom. The fraction of sp³-hybridized carbons (Fsp3) is 0.889. The number of carbonyl (C=O) groups is 1. The van der Waals surface area contributed by atoms with E-state index in [0.29, 0.717) is 6.54 Å². The molecule has 1 aliphatic carbocycles. The highest BCUT2D eigenvalue weighted by Crippen LogP contribution is 2.30. The molecule has 1 aliphatic rings. The van der Waals surface area contributed by atoms with Gasteiger partial charge in [0.05, 0.1) is 0 Å². The van der Waals surface area contributed by atoms with E-state index < -0.39 is 0 Å². The van der Waals surface area contributed by atoms with Gasteiger partial charge in [-0.25, -0.2) is 4.79 Å². The largest absolute Gasteiger partial charge is 0.338 e. The molecule has 0 bridgehead atoms. The standard InChI is InChI=1S/C9H19N3O/c1-2-3-6-11-8(13)12-7-9(10)4-5-9/h2-7,10H2,1H3,(H2,11,12,13). The van der Waals surface area contributed by atoms with Crippen molar-refractivity contribution < 1.29 is 4.79 Å². The summed E-state index contributed by atoms with van der Waals surface area (Å²) in [6.45, 7) is 3.45. The molecule has 0 radical (unpaired) electrons. The van der Waals surface area contributed by atoms with Crippen LogP contribution in [0.3, 0.4) is 0 Å². The van der Waals surface area contributed by atoms with E-state index in [1.807, 2.05) is 0 Å². The summed E-state index contributed by atoms with van der Waals surface area (Å²) in [6, 6.07) is -0.0924. The molecule has 2 amide bonds. The van der Waals surface area contributed by atoms with Gasteiger partial charge in [-0.1, -0.05) is 13.3 Å². The van der Waals surface area contributed by atoms with Gasteiger partial charge in [-0.05, 0) is 19.3 Å². The summed E-state index contributed by atoms with van der Waals surface area (Å²) < 4.78 is 0. The first-order valence-electron chi connectivity index (χ1n) is 4.97. The highest BCUT2D eigenvalue weighted by atomic mass is 16.2. The molecule has 1 rings (SSSR count). The Hall–Kier alpha value is -0.770. The quantitative estimate of drug-likeness (QED) is 0.548. The number of hydrogen-bond acceptors (Lipinski definition) is 2. The van der Waals surface area contributed by atoms with Crippen LogP contribution in [0.2, 0.25) is 0 Å². The van der Waals surface area contributed by atoms with Crippen LogP contribution >= 0.6 is 0 Å². The molecule has 1 fully saturated rings. The fourth-order valence-electron chi connectivity index (χ4n) is 1.03. The zero-order valence-electron chi connectivity index (χ0n) is 8.23. The SMILES string of the molecule is CCCCNC(=O)NCC1(N)CC1. The smallest absolute Gasteiger partial charge is 0.314 e. The number of amides is 2. The van der Waals surface area contributed by atoms with Crippen molar-refractivity contribution in [3.8, 4) is 0 Å². The Morgan fingerprint density at radius 3 is 2.69 bits per heavy atom. The van der Waals surface area contributed by atoms with E-state index in [2.05, 4.69) is 17.6 Å². The summed E-state index contributed by atoms with van der Waals surface area (Å²) >= 11 is 0. The van der Waals surface area contributed by atoms with Crippen molar-refractivity contribution in [1.82, 2.24) is 10.6 Å². The van der Waals surface area contributed by atoms with Crippen LogP contribution in [0.5, 0.6) is 0 Å². The molecule has 0 aromatic carbocycles. The lowest BCUT2D eigenvalue weighted by molar-refractivity contribution is 0.239. The first-order valence-corrected chi connectivity index (χ1v) is 4.97. The molecule has 0 unspecified atom stereocenters. The molecular weight excluding hydrogens is 166 g/mol. The molecule has 0 saturated heterocycles. The Balaban J connectivity index is 1.97. The van der Waals surface area contributed by atoms with Gasteiger partial charge < -0.3 is 16.4 Å². The van der Waals surface area contributed by atoms with E-state index in [1.165, 1.54) is 0 Å². The summed E-state index contributed by atoms with van der Waals surface area (Å²) in [5.41, 5.74) is 5.71. The van der Waals surface area contributed by atoms with E-state index in [1.54, 1.807) is 0 Å². The average molecular weight is 185 g/mol. The van der Waals surface area contributed by atoms with Crippen molar-refractivity contribution in [3.05, 3.63) is 0 Å². The molecule has 0 aliphatic heterocycles. The summed E-state index contributed by atoms with van der Waals surface area (Å²) in [7, 11) is 0. The molecule has 4 nitrogen and oxygen atoms in total. The Kier molecular flexibility index (Phi) is 3.54. The van der Waals surface area contributed by atoms with E-state index in [0.717, 1.165) is 32.2 Å². The van der Waals surface area contributed by atoms with Crippen molar-refractivity contribution in [2.24, 2.45) is 5.73 Å². The minimum Gasteiger partial charge on any atom is -0.338 e. The van der Waals surface area contributed by atoms with Gasteiger partial charge >= 0.3 is 6.03 Å². The van der Waals surface area contributed by atoms with Gasteiger partial charge in [-0.3, -0.25) is 0 Å². The lowest BCUT2D eigenvalue weighted by Gasteiger charge is -2.10. The first-order chi connectivity index (χ1) is 6.16. The van der Waals surface area contributed by atoms with Crippen molar-refractivity contribution in [3.63, 3.8) is 0 Å². The minimum absolute atomic E-state index is 0.0924. The van der Waals surface area contributed by atoms with E-state index in [9.17, 15) is 4.79 Å². The third-order valence-corrected chi connectivity index (χ3v) is 2.31. The van der Waals surface area contributed by atoms with E-state index >= 15 is 0 Å². The van der Waals surface area contributed by atoms with Crippen LogP contribution in [-0.2, 0) is 0 Å². The van der Waals surface area contributed by atoms with Crippen LogP contribution in [0.4, 0.5) is 4.79 Å². The third-order valence-electron chi connectivity index (χ3n) is 2.31. The highest BCUT2D eigenvalue weighted by Gasteiger charge is 2.38. The maximum absolute atomic E-state index is 11.1. The molecule has 4 heteroatoms. The summed E-state index contributed by atoms with van der Waals surface area (Å²) in [5.74, 6) is 0. The number of rotatable bonds is 5. The van der Waals surface area contributed by atoms with Gasteiger partial charge in [-0.2, -0.15) is 0 Å². The molecule has 76 valence electrons. The van der Waals surface area contributed by atoms with Crippen molar-refractivity contribution >= 4 is 6.03 Å². The normalized spacial score (nSPS) is 18.0. The second kappa shape index (κ2) is 4.46. The Bertz CT molecular complexity index is 178. The molecule has 0 aromatic rings. The number of nitrogens with one attached hydrogen (secondary N) is 2. The van der Waals surface area contributed by atoms with Gasteiger partial charge in [0.1, 0.15) is 0 Å². The average Bonchev–Trinajstić information content (AvgIpc) is 2.82. The molecule has 0 heterocycles. The maximum Gasteiger partial charge on any atom is 0.314 e. The van der Waals surface area contributed by atoms with Crippen molar-refractivity contribution in [1.29, 1.82) is 0 Å². The number of hydrogen-bond donors (Lipinski definition) is 3. The van der Waals surface area contributed by atoms with Gasteiger partial charge in [0, 0.05) is 18.6 Å². The molecule has 0 atom stereocenters. The lowest BCUT2D eigenvalue weighted by atomic mass is 10.3. The minimum atomic E-state index is -0.0951. The van der Waals surface area contributed by atoms with Gasteiger partial charge in [0.15, 0.2) is 0 Å². The Morgan fingerprint density at radius 1 is 1.46 bits per heavy atom. The Labute approximate surface area is 79.3 Å². The molecule has 4 N–H and O–H groups in total. The molecular formula is C9H19N3O. The summed E-state index contributed by atoms with van der Waals surface area (Å²) in [6.07, 6.45) is 4.19. The second-order valence-electron chi connectivity index (χ2n) is 3.83. The van der Waals surface area contributed by atoms with Crippen LogP contribution < -0.4 is 16.4 Å². The predicted molar refractivity (Wildman–Crippen MR) is 52.5 cm³/mol. The number of carbonyl (C=O) groups excluding carboxylic acids is 1. The van der Waals surface area contributed by atoms with Gasteiger partial charge in [-0.15, -0.1) is 0 Å².